The highest BCUT2D eigenvalue weighted by Crippen LogP contribution is 2.21. The molecule has 0 spiro atoms. The number of benzene rings is 1. The van der Waals surface area contributed by atoms with E-state index in [0.29, 0.717) is 12.1 Å². The van der Waals surface area contributed by atoms with Crippen molar-refractivity contribution in [1.29, 1.82) is 0 Å². The number of piperidine rings is 1. The highest BCUT2D eigenvalue weighted by atomic mass is 19.1. The lowest BCUT2D eigenvalue weighted by molar-refractivity contribution is 0.386. The van der Waals surface area contributed by atoms with Crippen LogP contribution in [-0.4, -0.2) is 21.3 Å². The van der Waals surface area contributed by atoms with Crippen molar-refractivity contribution >= 4 is 0 Å². The summed E-state index contributed by atoms with van der Waals surface area (Å²) in [4.78, 5) is 0. The van der Waals surface area contributed by atoms with Gasteiger partial charge in [-0.3, -0.25) is 0 Å². The van der Waals surface area contributed by atoms with Crippen molar-refractivity contribution in [2.24, 2.45) is 0 Å². The molecule has 0 amide bonds. The van der Waals surface area contributed by atoms with Crippen molar-refractivity contribution in [3.8, 4) is 0 Å². The Labute approximate surface area is 111 Å². The van der Waals surface area contributed by atoms with E-state index in [-0.39, 0.29) is 11.9 Å². The van der Waals surface area contributed by atoms with E-state index in [0.717, 1.165) is 18.8 Å². The molecule has 1 saturated heterocycles. The summed E-state index contributed by atoms with van der Waals surface area (Å²) in [5.74, 6) is 0.724. The molecule has 19 heavy (non-hydrogen) atoms. The fraction of sp³-hybridized carbons (Fsp3) is 0.429. The van der Waals surface area contributed by atoms with Crippen LogP contribution in [0.3, 0.4) is 0 Å². The molecule has 100 valence electrons. The summed E-state index contributed by atoms with van der Waals surface area (Å²) in [6.45, 7) is 1.49. The third-order valence-corrected chi connectivity index (χ3v) is 3.57. The predicted octanol–water partition coefficient (Wildman–Crippen LogP) is 2.28. The van der Waals surface area contributed by atoms with Crippen LogP contribution in [0.1, 0.15) is 36.7 Å². The third-order valence-electron chi connectivity index (χ3n) is 3.57. The highest BCUT2D eigenvalue weighted by Gasteiger charge is 2.20. The van der Waals surface area contributed by atoms with Crippen molar-refractivity contribution in [2.75, 3.05) is 6.54 Å². The van der Waals surface area contributed by atoms with Gasteiger partial charge < -0.3 is 9.88 Å². The van der Waals surface area contributed by atoms with Crippen LogP contribution in [0.4, 0.5) is 4.39 Å². The van der Waals surface area contributed by atoms with Gasteiger partial charge in [-0.15, -0.1) is 10.2 Å². The zero-order valence-corrected chi connectivity index (χ0v) is 10.7. The lowest BCUT2D eigenvalue weighted by Gasteiger charge is -2.23. The maximum Gasteiger partial charge on any atom is 0.150 e. The van der Waals surface area contributed by atoms with E-state index in [1.807, 2.05) is 10.6 Å². The molecule has 1 unspecified atom stereocenters. The van der Waals surface area contributed by atoms with Gasteiger partial charge in [0, 0.05) is 5.56 Å². The Morgan fingerprint density at radius 1 is 1.32 bits per heavy atom. The van der Waals surface area contributed by atoms with Gasteiger partial charge >= 0.3 is 0 Å². The molecule has 1 fully saturated rings. The quantitative estimate of drug-likeness (QED) is 0.920. The van der Waals surface area contributed by atoms with Gasteiger partial charge in [0.15, 0.2) is 0 Å². The second-order valence-corrected chi connectivity index (χ2v) is 4.91. The van der Waals surface area contributed by atoms with Gasteiger partial charge in [-0.2, -0.15) is 0 Å². The average Bonchev–Trinajstić information content (AvgIpc) is 2.91. The van der Waals surface area contributed by atoms with Gasteiger partial charge in [0.2, 0.25) is 0 Å². The summed E-state index contributed by atoms with van der Waals surface area (Å²) in [6, 6.07) is 7.07. The molecule has 3 rings (SSSR count). The van der Waals surface area contributed by atoms with E-state index in [4.69, 9.17) is 0 Å². The third kappa shape index (κ3) is 2.66. The molecular weight excluding hydrogens is 243 g/mol. The summed E-state index contributed by atoms with van der Waals surface area (Å²) in [6.07, 6.45) is 5.15. The van der Waals surface area contributed by atoms with Crippen LogP contribution in [-0.2, 0) is 6.54 Å². The molecule has 1 N–H and O–H groups in total. The van der Waals surface area contributed by atoms with Gasteiger partial charge in [-0.25, -0.2) is 4.39 Å². The first-order valence-electron chi connectivity index (χ1n) is 6.69. The SMILES string of the molecule is Fc1ccccc1Cn1cnnc1C1CCCCN1. The fourth-order valence-corrected chi connectivity index (χ4v) is 2.54. The molecule has 2 heterocycles. The fourth-order valence-electron chi connectivity index (χ4n) is 2.54. The number of nitrogens with one attached hydrogen (secondary N) is 1. The number of halogens is 1. The summed E-state index contributed by atoms with van der Waals surface area (Å²) in [5, 5.41) is 11.6. The van der Waals surface area contributed by atoms with E-state index in [1.165, 1.54) is 18.9 Å². The summed E-state index contributed by atoms with van der Waals surface area (Å²) in [5.41, 5.74) is 0.666. The van der Waals surface area contributed by atoms with Gasteiger partial charge in [-0.05, 0) is 25.5 Å². The minimum atomic E-state index is -0.182. The molecule has 0 bridgehead atoms. The minimum Gasteiger partial charge on any atom is -0.312 e. The van der Waals surface area contributed by atoms with Crippen molar-refractivity contribution < 1.29 is 4.39 Å². The molecule has 1 aliphatic heterocycles. The second kappa shape index (κ2) is 5.48. The maximum atomic E-state index is 13.7. The summed E-state index contributed by atoms with van der Waals surface area (Å²) in [7, 11) is 0. The Hall–Kier alpha value is -1.75. The van der Waals surface area contributed by atoms with Gasteiger partial charge in [0.05, 0.1) is 12.6 Å². The Kier molecular flexibility index (Phi) is 3.55. The van der Waals surface area contributed by atoms with Crippen LogP contribution in [0.5, 0.6) is 0 Å². The molecule has 4 nitrogen and oxygen atoms in total. The van der Waals surface area contributed by atoms with E-state index in [9.17, 15) is 4.39 Å². The maximum absolute atomic E-state index is 13.7. The van der Waals surface area contributed by atoms with Gasteiger partial charge in [-0.1, -0.05) is 24.6 Å². The standard InChI is InChI=1S/C14H17FN4/c15-12-6-2-1-5-11(12)9-19-10-17-18-14(19)13-7-3-4-8-16-13/h1-2,5-6,10,13,16H,3-4,7-9H2. The molecule has 1 aromatic carbocycles. The molecular formula is C14H17FN4. The van der Waals surface area contributed by atoms with Crippen LogP contribution >= 0.6 is 0 Å². The number of rotatable bonds is 3. The van der Waals surface area contributed by atoms with Crippen LogP contribution in [0.2, 0.25) is 0 Å². The summed E-state index contributed by atoms with van der Waals surface area (Å²) >= 11 is 0. The normalized spacial score (nSPS) is 19.5. The van der Waals surface area contributed by atoms with E-state index >= 15 is 0 Å². The zero-order valence-electron chi connectivity index (χ0n) is 10.7. The highest BCUT2D eigenvalue weighted by molar-refractivity contribution is 5.18. The molecule has 5 heteroatoms. The monoisotopic (exact) mass is 260 g/mol. The lowest BCUT2D eigenvalue weighted by Crippen LogP contribution is -2.29. The van der Waals surface area contributed by atoms with Crippen LogP contribution in [0.25, 0.3) is 0 Å². The van der Waals surface area contributed by atoms with Crippen LogP contribution in [0, 0.1) is 5.82 Å². The Morgan fingerprint density at radius 3 is 3.00 bits per heavy atom. The largest absolute Gasteiger partial charge is 0.312 e. The van der Waals surface area contributed by atoms with Crippen molar-refractivity contribution in [1.82, 2.24) is 20.1 Å². The molecule has 1 atom stereocenters. The number of aromatic nitrogens is 3. The Bertz CT molecular complexity index is 546. The summed E-state index contributed by atoms with van der Waals surface area (Å²) < 4.78 is 15.6. The van der Waals surface area contributed by atoms with Gasteiger partial charge in [0.1, 0.15) is 18.0 Å². The van der Waals surface area contributed by atoms with E-state index in [2.05, 4.69) is 15.5 Å². The average molecular weight is 260 g/mol. The predicted molar refractivity (Wildman–Crippen MR) is 70.1 cm³/mol. The number of nitrogens with zero attached hydrogens (tertiary/aromatic N) is 3. The molecule has 2 aromatic rings. The van der Waals surface area contributed by atoms with Gasteiger partial charge in [0.25, 0.3) is 0 Å². The lowest BCUT2D eigenvalue weighted by atomic mass is 10.0. The molecule has 0 radical (unpaired) electrons. The van der Waals surface area contributed by atoms with Crippen molar-refractivity contribution in [2.45, 2.75) is 31.8 Å². The number of hydrogen-bond donors (Lipinski definition) is 1. The first kappa shape index (κ1) is 12.3. The zero-order chi connectivity index (χ0) is 13.1. The Balaban J connectivity index is 1.82. The molecule has 1 aromatic heterocycles. The minimum absolute atomic E-state index is 0.182. The Morgan fingerprint density at radius 2 is 2.21 bits per heavy atom. The molecule has 1 aliphatic rings. The van der Waals surface area contributed by atoms with Crippen molar-refractivity contribution in [3.63, 3.8) is 0 Å². The van der Waals surface area contributed by atoms with E-state index < -0.39 is 0 Å². The smallest absolute Gasteiger partial charge is 0.150 e. The second-order valence-electron chi connectivity index (χ2n) is 4.91. The van der Waals surface area contributed by atoms with Crippen molar-refractivity contribution in [3.05, 3.63) is 47.8 Å². The van der Waals surface area contributed by atoms with E-state index in [1.54, 1.807) is 18.5 Å². The first-order valence-corrected chi connectivity index (χ1v) is 6.69. The number of hydrogen-bond acceptors (Lipinski definition) is 3. The topological polar surface area (TPSA) is 42.7 Å². The molecule has 0 aliphatic carbocycles. The van der Waals surface area contributed by atoms with Crippen LogP contribution in [0.15, 0.2) is 30.6 Å². The first-order chi connectivity index (χ1) is 9.34. The molecule has 0 saturated carbocycles. The van der Waals surface area contributed by atoms with Crippen LogP contribution < -0.4 is 5.32 Å².